The molecule has 1 aliphatic heterocycles. The number of nitrogens with one attached hydrogen (secondary N) is 1. The molecule has 0 spiro atoms. The van der Waals surface area contributed by atoms with Crippen molar-refractivity contribution in [2.45, 2.75) is 24.5 Å². The molecule has 2 rings (SSSR count). The SMILES string of the molecule is O=S(=O)(Cl)Cc1ccccc1C1CCNCC1. The Morgan fingerprint density at radius 3 is 2.53 bits per heavy atom. The number of hydrogen-bond donors (Lipinski definition) is 1. The van der Waals surface area contributed by atoms with Gasteiger partial charge in [-0.3, -0.25) is 0 Å². The number of halogens is 1. The van der Waals surface area contributed by atoms with E-state index in [0.717, 1.165) is 37.1 Å². The van der Waals surface area contributed by atoms with Gasteiger partial charge in [0.25, 0.3) is 0 Å². The van der Waals surface area contributed by atoms with Crippen LogP contribution in [0.2, 0.25) is 0 Å². The third-order valence-corrected chi connectivity index (χ3v) is 4.15. The van der Waals surface area contributed by atoms with E-state index >= 15 is 0 Å². The summed E-state index contributed by atoms with van der Waals surface area (Å²) in [4.78, 5) is 0. The van der Waals surface area contributed by atoms with Gasteiger partial charge in [0.2, 0.25) is 9.05 Å². The first-order valence-corrected chi connectivity index (χ1v) is 8.25. The zero-order chi connectivity index (χ0) is 12.3. The van der Waals surface area contributed by atoms with Crippen molar-refractivity contribution in [2.24, 2.45) is 0 Å². The molecule has 0 atom stereocenters. The van der Waals surface area contributed by atoms with Crippen LogP contribution in [0, 0.1) is 0 Å². The Bertz CT molecular complexity index is 481. The minimum absolute atomic E-state index is 0.0747. The van der Waals surface area contributed by atoms with Crippen LogP contribution in [0.3, 0.4) is 0 Å². The van der Waals surface area contributed by atoms with Crippen LogP contribution in [0.25, 0.3) is 0 Å². The molecule has 17 heavy (non-hydrogen) atoms. The molecule has 0 aliphatic carbocycles. The fraction of sp³-hybridized carbons (Fsp3) is 0.500. The van der Waals surface area contributed by atoms with E-state index in [1.807, 2.05) is 24.3 Å². The molecule has 0 bridgehead atoms. The highest BCUT2D eigenvalue weighted by molar-refractivity contribution is 8.13. The molecule has 0 aromatic heterocycles. The Morgan fingerprint density at radius 1 is 1.24 bits per heavy atom. The minimum atomic E-state index is -3.48. The van der Waals surface area contributed by atoms with E-state index in [9.17, 15) is 8.42 Å². The van der Waals surface area contributed by atoms with Gasteiger partial charge in [0.05, 0.1) is 5.75 Å². The monoisotopic (exact) mass is 273 g/mol. The van der Waals surface area contributed by atoms with Gasteiger partial charge >= 0.3 is 0 Å². The molecule has 0 amide bonds. The van der Waals surface area contributed by atoms with Crippen molar-refractivity contribution in [1.82, 2.24) is 5.32 Å². The second-order valence-electron chi connectivity index (χ2n) is 4.41. The van der Waals surface area contributed by atoms with Crippen molar-refractivity contribution in [3.05, 3.63) is 35.4 Å². The van der Waals surface area contributed by atoms with E-state index in [-0.39, 0.29) is 5.75 Å². The first-order chi connectivity index (χ1) is 8.06. The summed E-state index contributed by atoms with van der Waals surface area (Å²) in [7, 11) is 1.86. The Labute approximate surface area is 107 Å². The van der Waals surface area contributed by atoms with Crippen molar-refractivity contribution >= 4 is 19.7 Å². The Hall–Kier alpha value is -0.580. The summed E-state index contributed by atoms with van der Waals surface area (Å²) >= 11 is 0. The number of hydrogen-bond acceptors (Lipinski definition) is 3. The van der Waals surface area contributed by atoms with Gasteiger partial charge in [0.15, 0.2) is 0 Å². The van der Waals surface area contributed by atoms with Crippen molar-refractivity contribution in [3.8, 4) is 0 Å². The van der Waals surface area contributed by atoms with E-state index in [1.165, 1.54) is 0 Å². The minimum Gasteiger partial charge on any atom is -0.317 e. The Morgan fingerprint density at radius 2 is 1.88 bits per heavy atom. The number of rotatable bonds is 3. The lowest BCUT2D eigenvalue weighted by atomic mass is 9.87. The third kappa shape index (κ3) is 3.69. The molecule has 3 nitrogen and oxygen atoms in total. The predicted octanol–water partition coefficient (Wildman–Crippen LogP) is 2.22. The molecule has 1 aliphatic rings. The van der Waals surface area contributed by atoms with E-state index in [1.54, 1.807) is 0 Å². The van der Waals surface area contributed by atoms with E-state index in [0.29, 0.717) is 5.92 Å². The molecule has 0 radical (unpaired) electrons. The van der Waals surface area contributed by atoms with Gasteiger partial charge in [-0.25, -0.2) is 8.42 Å². The van der Waals surface area contributed by atoms with Gasteiger partial charge in [0, 0.05) is 10.7 Å². The van der Waals surface area contributed by atoms with Crippen LogP contribution in [0.4, 0.5) is 0 Å². The molecule has 1 aromatic rings. The lowest BCUT2D eigenvalue weighted by Crippen LogP contribution is -2.27. The highest BCUT2D eigenvalue weighted by Crippen LogP contribution is 2.29. The fourth-order valence-electron chi connectivity index (χ4n) is 2.38. The van der Waals surface area contributed by atoms with Gasteiger partial charge in [-0.2, -0.15) is 0 Å². The topological polar surface area (TPSA) is 46.2 Å². The summed E-state index contributed by atoms with van der Waals surface area (Å²) in [6.07, 6.45) is 2.11. The average molecular weight is 274 g/mol. The molecule has 1 aromatic carbocycles. The molecule has 1 N–H and O–H groups in total. The molecule has 1 heterocycles. The molecule has 1 saturated heterocycles. The van der Waals surface area contributed by atoms with E-state index < -0.39 is 9.05 Å². The van der Waals surface area contributed by atoms with Crippen LogP contribution in [0.1, 0.15) is 29.9 Å². The van der Waals surface area contributed by atoms with Gasteiger partial charge in [0.1, 0.15) is 0 Å². The largest absolute Gasteiger partial charge is 0.317 e. The summed E-state index contributed by atoms with van der Waals surface area (Å²) in [6, 6.07) is 7.70. The highest BCUT2D eigenvalue weighted by Gasteiger charge is 2.19. The Balaban J connectivity index is 2.26. The fourth-order valence-corrected chi connectivity index (χ4v) is 3.37. The maximum absolute atomic E-state index is 11.2. The van der Waals surface area contributed by atoms with Crippen LogP contribution < -0.4 is 5.32 Å². The van der Waals surface area contributed by atoms with Crippen molar-refractivity contribution in [2.75, 3.05) is 13.1 Å². The summed E-state index contributed by atoms with van der Waals surface area (Å²) in [5.74, 6) is 0.375. The van der Waals surface area contributed by atoms with Crippen LogP contribution in [0.5, 0.6) is 0 Å². The number of benzene rings is 1. The van der Waals surface area contributed by atoms with Crippen LogP contribution in [-0.2, 0) is 14.8 Å². The molecule has 1 fully saturated rings. The second-order valence-corrected chi connectivity index (χ2v) is 7.18. The van der Waals surface area contributed by atoms with Crippen molar-refractivity contribution < 1.29 is 8.42 Å². The third-order valence-electron chi connectivity index (χ3n) is 3.16. The smallest absolute Gasteiger partial charge is 0.236 e. The lowest BCUT2D eigenvalue weighted by Gasteiger charge is -2.24. The van der Waals surface area contributed by atoms with Gasteiger partial charge in [-0.1, -0.05) is 24.3 Å². The number of piperidine rings is 1. The molecular weight excluding hydrogens is 258 g/mol. The first kappa shape index (κ1) is 12.9. The lowest BCUT2D eigenvalue weighted by molar-refractivity contribution is 0.459. The first-order valence-electron chi connectivity index (χ1n) is 5.77. The van der Waals surface area contributed by atoms with Gasteiger partial charge in [-0.05, 0) is 43.0 Å². The summed E-state index contributed by atoms with van der Waals surface area (Å²) in [6.45, 7) is 1.99. The standard InChI is InChI=1S/C12H16ClNO2S/c13-17(15,16)9-11-3-1-2-4-12(11)10-5-7-14-8-6-10/h1-4,10,14H,5-9H2. The molecule has 5 heteroatoms. The average Bonchev–Trinajstić information content (AvgIpc) is 2.29. The zero-order valence-electron chi connectivity index (χ0n) is 9.52. The van der Waals surface area contributed by atoms with E-state index in [4.69, 9.17) is 10.7 Å². The van der Waals surface area contributed by atoms with Gasteiger partial charge in [-0.15, -0.1) is 0 Å². The second kappa shape index (κ2) is 5.38. The van der Waals surface area contributed by atoms with Gasteiger partial charge < -0.3 is 5.32 Å². The van der Waals surface area contributed by atoms with Crippen LogP contribution >= 0.6 is 10.7 Å². The quantitative estimate of drug-likeness (QED) is 0.859. The molecule has 0 saturated carbocycles. The summed E-state index contributed by atoms with van der Waals surface area (Å²) in [5, 5.41) is 3.31. The normalized spacial score (nSPS) is 18.2. The molecule has 94 valence electrons. The van der Waals surface area contributed by atoms with Crippen molar-refractivity contribution in [1.29, 1.82) is 0 Å². The summed E-state index contributed by atoms with van der Waals surface area (Å²) in [5.41, 5.74) is 1.98. The highest BCUT2D eigenvalue weighted by atomic mass is 35.7. The zero-order valence-corrected chi connectivity index (χ0v) is 11.1. The van der Waals surface area contributed by atoms with Crippen LogP contribution in [-0.4, -0.2) is 21.5 Å². The molecular formula is C12H16ClNO2S. The Kier molecular flexibility index (Phi) is 4.07. The molecule has 0 unspecified atom stereocenters. The maximum atomic E-state index is 11.2. The van der Waals surface area contributed by atoms with Crippen molar-refractivity contribution in [3.63, 3.8) is 0 Å². The maximum Gasteiger partial charge on any atom is 0.236 e. The summed E-state index contributed by atoms with van der Waals surface area (Å²) < 4.78 is 22.4. The van der Waals surface area contributed by atoms with E-state index in [2.05, 4.69) is 5.32 Å². The van der Waals surface area contributed by atoms with Crippen LogP contribution in [0.15, 0.2) is 24.3 Å². The predicted molar refractivity (Wildman–Crippen MR) is 69.8 cm³/mol.